The van der Waals surface area contributed by atoms with Gasteiger partial charge in [-0.1, -0.05) is 6.07 Å². The Bertz CT molecular complexity index is 837. The minimum Gasteiger partial charge on any atom is -0.459 e. The van der Waals surface area contributed by atoms with E-state index in [1.54, 1.807) is 19.1 Å². The second kappa shape index (κ2) is 9.03. The van der Waals surface area contributed by atoms with E-state index in [0.717, 1.165) is 5.56 Å². The van der Waals surface area contributed by atoms with Crippen LogP contribution in [0.4, 0.5) is 5.69 Å². The molecule has 2 rings (SSSR count). The molecule has 0 radical (unpaired) electrons. The average molecular weight is 355 g/mol. The first-order chi connectivity index (χ1) is 12.5. The van der Waals surface area contributed by atoms with Gasteiger partial charge in [-0.3, -0.25) is 9.59 Å². The fourth-order valence-corrected chi connectivity index (χ4v) is 2.00. The molecular weight excluding hydrogens is 338 g/mol. The van der Waals surface area contributed by atoms with Crippen LogP contribution in [0, 0.1) is 18.3 Å². The molecule has 0 bridgehead atoms. The number of hydrogen-bond donors (Lipinski definition) is 2. The lowest BCUT2D eigenvalue weighted by Crippen LogP contribution is -2.29. The van der Waals surface area contributed by atoms with Gasteiger partial charge in [0.15, 0.2) is 12.4 Å². The SMILES string of the molecule is Cc1ccc(C(=O)OCC(=O)NCCC#N)cc1NC(=O)c1ccco1. The molecule has 0 atom stereocenters. The van der Waals surface area contributed by atoms with E-state index in [4.69, 9.17) is 14.4 Å². The summed E-state index contributed by atoms with van der Waals surface area (Å²) in [5.74, 6) is -1.49. The molecule has 2 N–H and O–H groups in total. The fourth-order valence-electron chi connectivity index (χ4n) is 2.00. The van der Waals surface area contributed by atoms with E-state index in [2.05, 4.69) is 10.6 Å². The molecule has 134 valence electrons. The zero-order valence-electron chi connectivity index (χ0n) is 14.1. The van der Waals surface area contributed by atoms with Gasteiger partial charge < -0.3 is 19.8 Å². The summed E-state index contributed by atoms with van der Waals surface area (Å²) in [4.78, 5) is 35.6. The number of nitriles is 1. The maximum atomic E-state index is 12.1. The third-order valence-electron chi connectivity index (χ3n) is 3.36. The van der Waals surface area contributed by atoms with Gasteiger partial charge in [-0.2, -0.15) is 5.26 Å². The molecule has 0 saturated heterocycles. The van der Waals surface area contributed by atoms with Crippen molar-refractivity contribution in [1.29, 1.82) is 5.26 Å². The fraction of sp³-hybridized carbons (Fsp3) is 0.222. The predicted molar refractivity (Wildman–Crippen MR) is 91.4 cm³/mol. The van der Waals surface area contributed by atoms with Crippen LogP contribution < -0.4 is 10.6 Å². The van der Waals surface area contributed by atoms with Gasteiger partial charge in [-0.25, -0.2) is 4.79 Å². The van der Waals surface area contributed by atoms with Crippen molar-refractivity contribution in [2.24, 2.45) is 0 Å². The van der Waals surface area contributed by atoms with Gasteiger partial charge in [0.1, 0.15) is 0 Å². The molecule has 0 spiro atoms. The summed E-state index contributed by atoms with van der Waals surface area (Å²) >= 11 is 0. The molecule has 0 saturated carbocycles. The van der Waals surface area contributed by atoms with Crippen molar-refractivity contribution in [3.63, 3.8) is 0 Å². The number of rotatable bonds is 7. The zero-order chi connectivity index (χ0) is 18.9. The summed E-state index contributed by atoms with van der Waals surface area (Å²) in [5, 5.41) is 13.5. The van der Waals surface area contributed by atoms with Crippen LogP contribution in [-0.2, 0) is 9.53 Å². The second-order valence-corrected chi connectivity index (χ2v) is 5.30. The molecule has 0 aliphatic carbocycles. The second-order valence-electron chi connectivity index (χ2n) is 5.30. The van der Waals surface area contributed by atoms with Crippen molar-refractivity contribution in [1.82, 2.24) is 5.32 Å². The Balaban J connectivity index is 1.97. The Kier molecular flexibility index (Phi) is 6.51. The van der Waals surface area contributed by atoms with Crippen molar-refractivity contribution in [2.75, 3.05) is 18.5 Å². The van der Waals surface area contributed by atoms with Gasteiger partial charge in [0.25, 0.3) is 11.8 Å². The molecule has 0 unspecified atom stereocenters. The number of ether oxygens (including phenoxy) is 1. The first-order valence-corrected chi connectivity index (χ1v) is 7.77. The molecule has 26 heavy (non-hydrogen) atoms. The molecule has 1 heterocycles. The number of amides is 2. The van der Waals surface area contributed by atoms with Crippen molar-refractivity contribution in [2.45, 2.75) is 13.3 Å². The lowest BCUT2D eigenvalue weighted by molar-refractivity contribution is -0.124. The van der Waals surface area contributed by atoms with E-state index in [1.165, 1.54) is 24.5 Å². The highest BCUT2D eigenvalue weighted by Gasteiger charge is 2.14. The molecule has 1 aromatic heterocycles. The predicted octanol–water partition coefficient (Wildman–Crippen LogP) is 2.03. The molecule has 0 aliphatic rings. The van der Waals surface area contributed by atoms with E-state index in [-0.39, 0.29) is 24.3 Å². The van der Waals surface area contributed by atoms with E-state index in [9.17, 15) is 14.4 Å². The highest BCUT2D eigenvalue weighted by molar-refractivity contribution is 6.03. The van der Waals surface area contributed by atoms with Gasteiger partial charge in [0.2, 0.25) is 0 Å². The summed E-state index contributed by atoms with van der Waals surface area (Å²) in [7, 11) is 0. The third-order valence-corrected chi connectivity index (χ3v) is 3.36. The number of carbonyl (C=O) groups is 3. The highest BCUT2D eigenvalue weighted by atomic mass is 16.5. The first kappa shape index (κ1) is 18.7. The average Bonchev–Trinajstić information content (AvgIpc) is 3.16. The largest absolute Gasteiger partial charge is 0.459 e. The van der Waals surface area contributed by atoms with E-state index >= 15 is 0 Å². The molecular formula is C18H17N3O5. The Morgan fingerprint density at radius 2 is 2.08 bits per heavy atom. The summed E-state index contributed by atoms with van der Waals surface area (Å²) in [6, 6.07) is 9.66. The van der Waals surface area contributed by atoms with Crippen LogP contribution in [0.1, 0.15) is 32.9 Å². The van der Waals surface area contributed by atoms with E-state index in [0.29, 0.717) is 5.69 Å². The third kappa shape index (κ3) is 5.21. The molecule has 0 aliphatic heterocycles. The molecule has 8 heteroatoms. The maximum Gasteiger partial charge on any atom is 0.338 e. The molecule has 1 aromatic carbocycles. The maximum absolute atomic E-state index is 12.1. The van der Waals surface area contributed by atoms with Gasteiger partial charge in [-0.05, 0) is 36.8 Å². The quantitative estimate of drug-likeness (QED) is 0.579. The van der Waals surface area contributed by atoms with Crippen LogP contribution >= 0.6 is 0 Å². The van der Waals surface area contributed by atoms with Gasteiger partial charge >= 0.3 is 5.97 Å². The topological polar surface area (TPSA) is 121 Å². The number of nitrogens with one attached hydrogen (secondary N) is 2. The number of anilines is 1. The minimum absolute atomic E-state index is 0.145. The Labute approximate surface area is 149 Å². The summed E-state index contributed by atoms with van der Waals surface area (Å²) in [6.45, 7) is 1.52. The highest BCUT2D eigenvalue weighted by Crippen LogP contribution is 2.19. The van der Waals surface area contributed by atoms with Crippen LogP contribution in [0.25, 0.3) is 0 Å². The Morgan fingerprint density at radius 1 is 1.27 bits per heavy atom. The number of benzene rings is 1. The molecule has 2 aromatic rings. The van der Waals surface area contributed by atoms with Gasteiger partial charge in [0, 0.05) is 12.2 Å². The standard InChI is InChI=1S/C18H17N3O5/c1-12-5-6-13(18(24)26-11-16(22)20-8-3-7-19)10-14(12)21-17(23)15-4-2-9-25-15/h2,4-6,9-10H,3,8,11H2,1H3,(H,20,22)(H,21,23). The first-order valence-electron chi connectivity index (χ1n) is 7.77. The summed E-state index contributed by atoms with van der Waals surface area (Å²) in [6.07, 6.45) is 1.56. The van der Waals surface area contributed by atoms with Crippen molar-refractivity contribution < 1.29 is 23.5 Å². The van der Waals surface area contributed by atoms with Crippen molar-refractivity contribution in [3.8, 4) is 6.07 Å². The van der Waals surface area contributed by atoms with Crippen LogP contribution in [-0.4, -0.2) is 30.9 Å². The Morgan fingerprint density at radius 3 is 2.77 bits per heavy atom. The number of esters is 1. The monoisotopic (exact) mass is 355 g/mol. The number of nitrogens with zero attached hydrogens (tertiary/aromatic N) is 1. The van der Waals surface area contributed by atoms with Crippen LogP contribution in [0.5, 0.6) is 0 Å². The molecule has 2 amide bonds. The van der Waals surface area contributed by atoms with Gasteiger partial charge in [-0.15, -0.1) is 0 Å². The molecule has 8 nitrogen and oxygen atoms in total. The minimum atomic E-state index is -0.700. The molecule has 0 fully saturated rings. The van der Waals surface area contributed by atoms with E-state index in [1.807, 2.05) is 6.07 Å². The van der Waals surface area contributed by atoms with E-state index < -0.39 is 24.4 Å². The summed E-state index contributed by atoms with van der Waals surface area (Å²) in [5.41, 5.74) is 1.37. The number of furan rings is 1. The summed E-state index contributed by atoms with van der Waals surface area (Å²) < 4.78 is 9.95. The van der Waals surface area contributed by atoms with Gasteiger partial charge in [0.05, 0.1) is 24.3 Å². The van der Waals surface area contributed by atoms with Crippen molar-refractivity contribution >= 4 is 23.5 Å². The van der Waals surface area contributed by atoms with Crippen LogP contribution in [0.15, 0.2) is 41.0 Å². The number of hydrogen-bond acceptors (Lipinski definition) is 6. The zero-order valence-corrected chi connectivity index (χ0v) is 14.1. The number of carbonyl (C=O) groups excluding carboxylic acids is 3. The lowest BCUT2D eigenvalue weighted by atomic mass is 10.1. The Hall–Kier alpha value is -3.60. The van der Waals surface area contributed by atoms with Crippen LogP contribution in [0.3, 0.4) is 0 Å². The van der Waals surface area contributed by atoms with Crippen molar-refractivity contribution in [3.05, 3.63) is 53.5 Å². The smallest absolute Gasteiger partial charge is 0.338 e. The number of aryl methyl sites for hydroxylation is 1. The normalized spacial score (nSPS) is 9.85. The lowest BCUT2D eigenvalue weighted by Gasteiger charge is -2.10. The van der Waals surface area contributed by atoms with Crippen LogP contribution in [0.2, 0.25) is 0 Å².